The van der Waals surface area contributed by atoms with E-state index in [-0.39, 0.29) is 0 Å². The van der Waals surface area contributed by atoms with Gasteiger partial charge >= 0.3 is 0 Å². The molecule has 34 heavy (non-hydrogen) atoms. The van der Waals surface area contributed by atoms with E-state index >= 15 is 0 Å². The van der Waals surface area contributed by atoms with Crippen LogP contribution in [0.4, 0.5) is 0 Å². The van der Waals surface area contributed by atoms with Gasteiger partial charge in [0, 0.05) is 63.8 Å². The second-order valence-corrected chi connectivity index (χ2v) is 8.85. The molecule has 0 spiro atoms. The Morgan fingerprint density at radius 1 is 0.676 bits per heavy atom. The van der Waals surface area contributed by atoms with Crippen molar-refractivity contribution in [3.8, 4) is 17.1 Å². The molecule has 3 aromatic carbocycles. The van der Waals surface area contributed by atoms with Crippen LogP contribution in [-0.2, 0) is 19.7 Å². The second-order valence-electron chi connectivity index (χ2n) is 8.85. The van der Waals surface area contributed by atoms with Crippen LogP contribution < -0.4 is 4.74 Å². The molecule has 5 nitrogen and oxygen atoms in total. The maximum absolute atomic E-state index is 5.92. The number of benzene rings is 3. The zero-order valence-corrected chi connectivity index (χ0v) is 19.6. The zero-order valence-electron chi connectivity index (χ0n) is 19.6. The van der Waals surface area contributed by atoms with Gasteiger partial charge in [-0.1, -0.05) is 72.8 Å². The minimum atomic E-state index is 0.605. The van der Waals surface area contributed by atoms with Crippen LogP contribution in [-0.4, -0.2) is 52.1 Å². The third-order valence-electron chi connectivity index (χ3n) is 6.45. The van der Waals surface area contributed by atoms with E-state index in [9.17, 15) is 0 Å². The molecule has 0 bridgehead atoms. The molecule has 0 amide bonds. The van der Waals surface area contributed by atoms with Crippen molar-refractivity contribution in [2.75, 3.05) is 32.7 Å². The minimum Gasteiger partial charge on any atom is -0.489 e. The summed E-state index contributed by atoms with van der Waals surface area (Å²) in [4.78, 5) is 9.68. The summed E-state index contributed by atoms with van der Waals surface area (Å²) in [6.45, 7) is 8.03. The van der Waals surface area contributed by atoms with E-state index in [2.05, 4.69) is 86.2 Å². The number of aromatic nitrogens is 2. The van der Waals surface area contributed by atoms with Gasteiger partial charge in [-0.3, -0.25) is 9.80 Å². The minimum absolute atomic E-state index is 0.605. The van der Waals surface area contributed by atoms with Crippen LogP contribution in [0.15, 0.2) is 97.3 Å². The first-order chi connectivity index (χ1) is 16.8. The summed E-state index contributed by atoms with van der Waals surface area (Å²) < 4.78 is 8.19. The van der Waals surface area contributed by atoms with Gasteiger partial charge in [0.25, 0.3) is 0 Å². The SMILES string of the molecule is c1ccc(COc2ccc(CN3CCN(CCn4ccnc4-c4ccccc4)CC3)cc2)cc1. The first-order valence-corrected chi connectivity index (χ1v) is 12.1. The number of piperazine rings is 1. The average Bonchev–Trinajstić information content (AvgIpc) is 3.38. The van der Waals surface area contributed by atoms with Crippen LogP contribution in [0.25, 0.3) is 11.4 Å². The summed E-state index contributed by atoms with van der Waals surface area (Å²) in [5.41, 5.74) is 3.70. The van der Waals surface area contributed by atoms with Crippen molar-refractivity contribution in [2.45, 2.75) is 19.7 Å². The molecule has 1 aliphatic heterocycles. The molecule has 2 heterocycles. The van der Waals surface area contributed by atoms with E-state index in [0.717, 1.165) is 57.4 Å². The van der Waals surface area contributed by atoms with Gasteiger partial charge in [0.15, 0.2) is 0 Å². The Balaban J connectivity index is 1.05. The summed E-state index contributed by atoms with van der Waals surface area (Å²) in [6.07, 6.45) is 3.99. The molecule has 0 radical (unpaired) electrons. The van der Waals surface area contributed by atoms with Crippen molar-refractivity contribution < 1.29 is 4.74 Å². The van der Waals surface area contributed by atoms with Crippen molar-refractivity contribution in [1.29, 1.82) is 0 Å². The molecule has 0 unspecified atom stereocenters. The number of rotatable bonds is 9. The molecule has 174 valence electrons. The van der Waals surface area contributed by atoms with Crippen LogP contribution in [0, 0.1) is 0 Å². The van der Waals surface area contributed by atoms with Gasteiger partial charge in [0.2, 0.25) is 0 Å². The van der Waals surface area contributed by atoms with Gasteiger partial charge < -0.3 is 9.30 Å². The van der Waals surface area contributed by atoms with Crippen LogP contribution in [0.3, 0.4) is 0 Å². The lowest BCUT2D eigenvalue weighted by atomic mass is 10.2. The highest BCUT2D eigenvalue weighted by atomic mass is 16.5. The van der Waals surface area contributed by atoms with Crippen LogP contribution in [0.5, 0.6) is 5.75 Å². The van der Waals surface area contributed by atoms with Gasteiger partial charge in [0.05, 0.1) is 0 Å². The maximum atomic E-state index is 5.92. The molecule has 1 aromatic heterocycles. The number of nitrogens with zero attached hydrogens (tertiary/aromatic N) is 4. The fourth-order valence-electron chi connectivity index (χ4n) is 4.45. The molecule has 5 heteroatoms. The quantitative estimate of drug-likeness (QED) is 0.360. The van der Waals surface area contributed by atoms with E-state index < -0.39 is 0 Å². The fourth-order valence-corrected chi connectivity index (χ4v) is 4.45. The van der Waals surface area contributed by atoms with Crippen LogP contribution >= 0.6 is 0 Å². The molecule has 0 N–H and O–H groups in total. The molecule has 1 fully saturated rings. The Labute approximate surface area is 202 Å². The van der Waals surface area contributed by atoms with Gasteiger partial charge in [0.1, 0.15) is 18.2 Å². The van der Waals surface area contributed by atoms with E-state index in [1.165, 1.54) is 16.7 Å². The van der Waals surface area contributed by atoms with E-state index in [0.29, 0.717) is 6.61 Å². The third-order valence-corrected chi connectivity index (χ3v) is 6.45. The van der Waals surface area contributed by atoms with Gasteiger partial charge in [-0.25, -0.2) is 4.98 Å². The molecular weight excluding hydrogens is 420 g/mol. The largest absolute Gasteiger partial charge is 0.489 e. The Morgan fingerprint density at radius 3 is 2.09 bits per heavy atom. The van der Waals surface area contributed by atoms with Gasteiger partial charge in [-0.2, -0.15) is 0 Å². The average molecular weight is 453 g/mol. The number of imidazole rings is 1. The predicted octanol–water partition coefficient (Wildman–Crippen LogP) is 4.95. The molecule has 0 aliphatic carbocycles. The Morgan fingerprint density at radius 2 is 1.35 bits per heavy atom. The lowest BCUT2D eigenvalue weighted by molar-refractivity contribution is 0.124. The smallest absolute Gasteiger partial charge is 0.139 e. The molecule has 0 atom stereocenters. The molecule has 1 aliphatic rings. The highest BCUT2D eigenvalue weighted by Crippen LogP contribution is 2.18. The lowest BCUT2D eigenvalue weighted by Crippen LogP contribution is -2.46. The van der Waals surface area contributed by atoms with Crippen molar-refractivity contribution in [1.82, 2.24) is 19.4 Å². The van der Waals surface area contributed by atoms with E-state index in [1.807, 2.05) is 30.5 Å². The van der Waals surface area contributed by atoms with Crippen LogP contribution in [0.2, 0.25) is 0 Å². The molecule has 4 aromatic rings. The number of hydrogen-bond donors (Lipinski definition) is 0. The Bertz CT molecular complexity index is 1130. The van der Waals surface area contributed by atoms with Crippen molar-refractivity contribution in [2.24, 2.45) is 0 Å². The van der Waals surface area contributed by atoms with Crippen molar-refractivity contribution >= 4 is 0 Å². The predicted molar refractivity (Wildman–Crippen MR) is 137 cm³/mol. The van der Waals surface area contributed by atoms with Crippen molar-refractivity contribution in [3.63, 3.8) is 0 Å². The first-order valence-electron chi connectivity index (χ1n) is 12.1. The maximum Gasteiger partial charge on any atom is 0.139 e. The van der Waals surface area contributed by atoms with E-state index in [4.69, 9.17) is 4.74 Å². The standard InChI is InChI=1S/C29H32N4O/c1-3-7-26(8-4-1)24-34-28-13-11-25(12-14-28)23-32-19-17-31(18-20-32)21-22-33-16-15-30-29(33)27-9-5-2-6-10-27/h1-16H,17-24H2. The van der Waals surface area contributed by atoms with E-state index in [1.54, 1.807) is 0 Å². The van der Waals surface area contributed by atoms with Gasteiger partial charge in [-0.05, 0) is 23.3 Å². The summed E-state index contributed by atoms with van der Waals surface area (Å²) in [7, 11) is 0. The number of ether oxygens (including phenoxy) is 1. The second kappa shape index (κ2) is 11.1. The third kappa shape index (κ3) is 5.93. The van der Waals surface area contributed by atoms with Gasteiger partial charge in [-0.15, -0.1) is 0 Å². The Kier molecular flexibility index (Phi) is 7.34. The summed E-state index contributed by atoms with van der Waals surface area (Å²) in [5.74, 6) is 1.97. The molecule has 5 rings (SSSR count). The molecule has 1 saturated heterocycles. The fraction of sp³-hybridized carbons (Fsp3) is 0.276. The monoisotopic (exact) mass is 452 g/mol. The lowest BCUT2D eigenvalue weighted by Gasteiger charge is -2.34. The molecule has 0 saturated carbocycles. The summed E-state index contributed by atoms with van der Waals surface area (Å²) in [6, 6.07) is 29.3. The van der Waals surface area contributed by atoms with Crippen LogP contribution in [0.1, 0.15) is 11.1 Å². The first kappa shape index (κ1) is 22.4. The highest BCUT2D eigenvalue weighted by Gasteiger charge is 2.17. The highest BCUT2D eigenvalue weighted by molar-refractivity contribution is 5.55. The normalized spacial score (nSPS) is 14.8. The van der Waals surface area contributed by atoms with Crippen molar-refractivity contribution in [3.05, 3.63) is 108 Å². The summed E-state index contributed by atoms with van der Waals surface area (Å²) >= 11 is 0. The number of hydrogen-bond acceptors (Lipinski definition) is 4. The molecular formula is C29H32N4O. The summed E-state index contributed by atoms with van der Waals surface area (Å²) in [5, 5.41) is 0. The topological polar surface area (TPSA) is 33.5 Å². The Hall–Kier alpha value is -3.41. The zero-order chi connectivity index (χ0) is 23.0.